The fourth-order valence-corrected chi connectivity index (χ4v) is 3.51. The number of nitrogens with zero attached hydrogens (tertiary/aromatic N) is 2. The van der Waals surface area contributed by atoms with Gasteiger partial charge in [-0.25, -0.2) is 4.39 Å². The van der Waals surface area contributed by atoms with E-state index < -0.39 is 0 Å². The third-order valence-corrected chi connectivity index (χ3v) is 4.67. The van der Waals surface area contributed by atoms with Gasteiger partial charge in [0.2, 0.25) is 0 Å². The van der Waals surface area contributed by atoms with E-state index in [1.54, 1.807) is 12.1 Å². The van der Waals surface area contributed by atoms with Gasteiger partial charge >= 0.3 is 0 Å². The van der Waals surface area contributed by atoms with E-state index in [9.17, 15) is 4.39 Å². The SMILES string of the molecule is Cc1cccnc1C(C1CC1)n1ccc2cc(F)cc(C)c21. The van der Waals surface area contributed by atoms with Crippen molar-refractivity contribution >= 4 is 10.9 Å². The van der Waals surface area contributed by atoms with Crippen molar-refractivity contribution in [2.45, 2.75) is 32.7 Å². The first-order chi connectivity index (χ1) is 10.6. The Hall–Kier alpha value is -2.16. The van der Waals surface area contributed by atoms with Crippen LogP contribution in [0.2, 0.25) is 0 Å². The minimum atomic E-state index is -0.167. The molecule has 1 aromatic carbocycles. The minimum Gasteiger partial charge on any atom is -0.338 e. The highest BCUT2D eigenvalue weighted by atomic mass is 19.1. The van der Waals surface area contributed by atoms with E-state index in [0.29, 0.717) is 5.92 Å². The number of aromatic nitrogens is 2. The lowest BCUT2D eigenvalue weighted by Crippen LogP contribution is -2.15. The summed E-state index contributed by atoms with van der Waals surface area (Å²) in [4.78, 5) is 4.65. The molecule has 0 aliphatic heterocycles. The molecule has 112 valence electrons. The van der Waals surface area contributed by atoms with Crippen LogP contribution in [0.25, 0.3) is 10.9 Å². The number of hydrogen-bond acceptors (Lipinski definition) is 1. The highest BCUT2D eigenvalue weighted by Gasteiger charge is 2.35. The van der Waals surface area contributed by atoms with Crippen molar-refractivity contribution < 1.29 is 4.39 Å². The van der Waals surface area contributed by atoms with Crippen LogP contribution in [0.4, 0.5) is 4.39 Å². The second kappa shape index (κ2) is 4.94. The first-order valence-corrected chi connectivity index (χ1v) is 7.83. The second-order valence-electron chi connectivity index (χ2n) is 6.37. The van der Waals surface area contributed by atoms with Crippen LogP contribution in [0.1, 0.15) is 35.7 Å². The zero-order valence-electron chi connectivity index (χ0n) is 12.9. The van der Waals surface area contributed by atoms with Crippen molar-refractivity contribution in [2.75, 3.05) is 0 Å². The number of benzene rings is 1. The van der Waals surface area contributed by atoms with E-state index in [1.807, 2.05) is 25.3 Å². The molecular formula is C19H19FN2. The van der Waals surface area contributed by atoms with E-state index in [4.69, 9.17) is 0 Å². The van der Waals surface area contributed by atoms with Gasteiger partial charge in [-0.1, -0.05) is 6.07 Å². The Morgan fingerprint density at radius 3 is 2.73 bits per heavy atom. The quantitative estimate of drug-likeness (QED) is 0.679. The molecule has 2 heterocycles. The molecule has 22 heavy (non-hydrogen) atoms. The van der Waals surface area contributed by atoms with Crippen molar-refractivity contribution in [1.82, 2.24) is 9.55 Å². The summed E-state index contributed by atoms with van der Waals surface area (Å²) in [5.74, 6) is 0.466. The van der Waals surface area contributed by atoms with E-state index in [-0.39, 0.29) is 11.9 Å². The Morgan fingerprint density at radius 2 is 2.00 bits per heavy atom. The third kappa shape index (κ3) is 2.12. The maximum Gasteiger partial charge on any atom is 0.124 e. The Bertz CT molecular complexity index is 846. The van der Waals surface area contributed by atoms with E-state index in [0.717, 1.165) is 22.2 Å². The Balaban J connectivity index is 1.93. The zero-order valence-corrected chi connectivity index (χ0v) is 12.9. The first kappa shape index (κ1) is 13.5. The highest BCUT2D eigenvalue weighted by molar-refractivity contribution is 5.83. The van der Waals surface area contributed by atoms with Crippen molar-refractivity contribution in [3.8, 4) is 0 Å². The second-order valence-corrected chi connectivity index (χ2v) is 6.37. The van der Waals surface area contributed by atoms with Crippen LogP contribution in [0.15, 0.2) is 42.7 Å². The van der Waals surface area contributed by atoms with E-state index in [2.05, 4.69) is 28.7 Å². The summed E-state index contributed by atoms with van der Waals surface area (Å²) in [6.07, 6.45) is 6.44. The molecule has 3 heteroatoms. The standard InChI is InChI=1S/C19H19FN2/c1-12-4-3-8-21-17(12)19(14-5-6-14)22-9-7-15-11-16(20)10-13(2)18(15)22/h3-4,7-11,14,19H,5-6H2,1-2H3. The number of fused-ring (bicyclic) bond motifs is 1. The van der Waals surface area contributed by atoms with E-state index in [1.165, 1.54) is 18.4 Å². The first-order valence-electron chi connectivity index (χ1n) is 7.83. The molecule has 0 spiro atoms. The summed E-state index contributed by atoms with van der Waals surface area (Å²) in [7, 11) is 0. The molecule has 1 fully saturated rings. The van der Waals surface area contributed by atoms with Gasteiger partial charge in [0.1, 0.15) is 5.82 Å². The molecular weight excluding hydrogens is 275 g/mol. The number of hydrogen-bond donors (Lipinski definition) is 0. The number of aryl methyl sites for hydroxylation is 2. The van der Waals surface area contributed by atoms with Crippen LogP contribution < -0.4 is 0 Å². The van der Waals surface area contributed by atoms with Crippen LogP contribution in [-0.2, 0) is 0 Å². The molecule has 1 atom stereocenters. The van der Waals surface area contributed by atoms with Gasteiger partial charge < -0.3 is 4.57 Å². The van der Waals surface area contributed by atoms with Crippen LogP contribution in [0, 0.1) is 25.6 Å². The number of halogens is 1. The van der Waals surface area contributed by atoms with Gasteiger partial charge in [-0.3, -0.25) is 4.98 Å². The molecule has 0 amide bonds. The van der Waals surface area contributed by atoms with Gasteiger partial charge in [0.25, 0.3) is 0 Å². The lowest BCUT2D eigenvalue weighted by molar-refractivity contribution is 0.518. The Labute approximate surface area is 129 Å². The maximum atomic E-state index is 13.6. The van der Waals surface area contributed by atoms with Crippen LogP contribution in [0.5, 0.6) is 0 Å². The molecule has 1 unspecified atom stereocenters. The molecule has 4 rings (SSSR count). The molecule has 0 radical (unpaired) electrons. The van der Waals surface area contributed by atoms with Gasteiger partial charge in [-0.05, 0) is 68.0 Å². The van der Waals surface area contributed by atoms with Crippen LogP contribution >= 0.6 is 0 Å². The lowest BCUT2D eigenvalue weighted by atomic mass is 10.0. The normalized spacial score (nSPS) is 16.1. The van der Waals surface area contributed by atoms with Gasteiger partial charge in [-0.2, -0.15) is 0 Å². The number of rotatable bonds is 3. The summed E-state index contributed by atoms with van der Waals surface area (Å²) in [5, 5.41) is 0.969. The predicted molar refractivity (Wildman–Crippen MR) is 86.5 cm³/mol. The summed E-state index contributed by atoms with van der Waals surface area (Å²) < 4.78 is 15.9. The Morgan fingerprint density at radius 1 is 1.18 bits per heavy atom. The largest absolute Gasteiger partial charge is 0.338 e. The van der Waals surface area contributed by atoms with Gasteiger partial charge in [0.05, 0.1) is 17.3 Å². The van der Waals surface area contributed by atoms with Crippen molar-refractivity contribution in [3.05, 3.63) is 65.4 Å². The summed E-state index contributed by atoms with van der Waals surface area (Å²) in [6.45, 7) is 4.10. The lowest BCUT2D eigenvalue weighted by Gasteiger charge is -2.22. The zero-order chi connectivity index (χ0) is 15.3. The molecule has 2 aromatic heterocycles. The van der Waals surface area contributed by atoms with Crippen molar-refractivity contribution in [2.24, 2.45) is 5.92 Å². The predicted octanol–water partition coefficient (Wildman–Crippen LogP) is 4.79. The molecule has 1 saturated carbocycles. The fourth-order valence-electron chi connectivity index (χ4n) is 3.51. The molecule has 0 N–H and O–H groups in total. The average molecular weight is 294 g/mol. The molecule has 1 aliphatic carbocycles. The molecule has 2 nitrogen and oxygen atoms in total. The Kier molecular flexibility index (Phi) is 3.03. The average Bonchev–Trinajstić information content (AvgIpc) is 3.22. The monoisotopic (exact) mass is 294 g/mol. The van der Waals surface area contributed by atoms with Crippen LogP contribution in [0.3, 0.4) is 0 Å². The molecule has 0 saturated heterocycles. The fraction of sp³-hybridized carbons (Fsp3) is 0.316. The highest BCUT2D eigenvalue weighted by Crippen LogP contribution is 2.45. The molecule has 1 aliphatic rings. The van der Waals surface area contributed by atoms with Crippen molar-refractivity contribution in [1.29, 1.82) is 0 Å². The molecule has 3 aromatic rings. The number of pyridine rings is 1. The summed E-state index contributed by atoms with van der Waals surface area (Å²) >= 11 is 0. The van der Waals surface area contributed by atoms with Gasteiger partial charge in [-0.15, -0.1) is 0 Å². The third-order valence-electron chi connectivity index (χ3n) is 4.67. The molecule has 0 bridgehead atoms. The van der Waals surface area contributed by atoms with Crippen LogP contribution in [-0.4, -0.2) is 9.55 Å². The smallest absolute Gasteiger partial charge is 0.124 e. The minimum absolute atomic E-state index is 0.167. The maximum absolute atomic E-state index is 13.6. The topological polar surface area (TPSA) is 17.8 Å². The van der Waals surface area contributed by atoms with E-state index >= 15 is 0 Å². The summed E-state index contributed by atoms with van der Waals surface area (Å²) in [5.41, 5.74) is 4.48. The van der Waals surface area contributed by atoms with Gasteiger partial charge in [0.15, 0.2) is 0 Å². The van der Waals surface area contributed by atoms with Crippen molar-refractivity contribution in [3.63, 3.8) is 0 Å². The summed E-state index contributed by atoms with van der Waals surface area (Å²) in [6, 6.07) is 9.61. The van der Waals surface area contributed by atoms with Gasteiger partial charge in [0, 0.05) is 17.8 Å².